The maximum Gasteiger partial charge on any atom is 0.305 e. The summed E-state index contributed by atoms with van der Waals surface area (Å²) in [6.45, 7) is 7.51. The quantitative estimate of drug-likeness (QED) is 0.109. The lowest BCUT2D eigenvalue weighted by molar-refractivity contribution is -0.144. The number of carbonyl (C=O) groups excluding carboxylic acids is 11. The van der Waals surface area contributed by atoms with Crippen LogP contribution in [-0.4, -0.2) is 213 Å². The molecular weight excluding hydrogens is 1340 g/mol. The molecule has 2 aromatic rings. The summed E-state index contributed by atoms with van der Waals surface area (Å²) in [4.78, 5) is 190. The third kappa shape index (κ3) is 25.8. The number of phenolic OH excluding ortho intramolecular Hbond substituents is 1. The zero-order valence-corrected chi connectivity index (χ0v) is 58.6. The predicted octanol–water partition coefficient (Wildman–Crippen LogP) is 0.586. The zero-order chi connectivity index (χ0) is 73.0. The summed E-state index contributed by atoms with van der Waals surface area (Å²) in [5.74, 6) is -12.8. The topological polar surface area (TPSA) is 468 Å². The lowest BCUT2D eigenvalue weighted by Gasteiger charge is -2.32. The van der Waals surface area contributed by atoms with Crippen LogP contribution in [0.3, 0.4) is 0 Å². The van der Waals surface area contributed by atoms with Crippen molar-refractivity contribution < 1.29 is 87.2 Å². The van der Waals surface area contributed by atoms with Crippen molar-refractivity contribution in [2.24, 2.45) is 28.5 Å². The number of carbonyl (C=O) groups is 13. The molecule has 0 aromatic heterocycles. The number of rotatable bonds is 15. The van der Waals surface area contributed by atoms with E-state index in [1.807, 2.05) is 12.1 Å². The number of fused-ring (bicyclic) bond motifs is 7. The molecule has 10 atom stereocenters. The average molecular weight is 1440 g/mol. The number of carboxylic acid groups (broad SMARTS) is 2. The first-order chi connectivity index (χ1) is 47.7. The molecule has 15 N–H and O–H groups in total. The number of primary amides is 1. The Hall–Kier alpha value is -8.72. The second-order valence-electron chi connectivity index (χ2n) is 26.1. The molecular formula is C67H97N13O18S2. The largest absolute Gasteiger partial charge is 0.508 e. The van der Waals surface area contributed by atoms with Crippen LogP contribution in [0.25, 0.3) is 0 Å². The van der Waals surface area contributed by atoms with Gasteiger partial charge in [0, 0.05) is 48.9 Å². The first-order valence-corrected chi connectivity index (χ1v) is 36.3. The van der Waals surface area contributed by atoms with Gasteiger partial charge in [0.25, 0.3) is 5.91 Å². The van der Waals surface area contributed by atoms with E-state index in [1.165, 1.54) is 57.6 Å². The highest BCUT2D eigenvalue weighted by molar-refractivity contribution is 7.98. The van der Waals surface area contributed by atoms with Crippen LogP contribution in [0.15, 0.2) is 47.6 Å². The minimum Gasteiger partial charge on any atom is -0.508 e. The maximum atomic E-state index is 15.2. The van der Waals surface area contributed by atoms with E-state index in [0.717, 1.165) is 19.1 Å². The van der Waals surface area contributed by atoms with E-state index in [1.54, 1.807) is 33.8 Å². The van der Waals surface area contributed by atoms with Gasteiger partial charge in [0.1, 0.15) is 84.7 Å². The van der Waals surface area contributed by atoms with Crippen LogP contribution in [0.1, 0.15) is 141 Å². The number of hydrogen-bond acceptors (Lipinski definition) is 20. The number of oxime groups is 1. The Labute approximate surface area is 589 Å². The number of thioether (sulfide) groups is 2. The molecule has 2 aromatic carbocycles. The van der Waals surface area contributed by atoms with Crippen molar-refractivity contribution in [2.45, 2.75) is 202 Å². The molecule has 4 bridgehead atoms. The van der Waals surface area contributed by atoms with E-state index < -0.39 is 163 Å². The van der Waals surface area contributed by atoms with Crippen LogP contribution in [0.2, 0.25) is 0 Å². The molecule has 4 aliphatic heterocycles. The van der Waals surface area contributed by atoms with Crippen LogP contribution >= 0.6 is 23.5 Å². The molecule has 4 heterocycles. The van der Waals surface area contributed by atoms with Crippen molar-refractivity contribution >= 4 is 107 Å². The van der Waals surface area contributed by atoms with E-state index in [0.29, 0.717) is 67.7 Å². The molecule has 550 valence electrons. The monoisotopic (exact) mass is 1440 g/mol. The summed E-state index contributed by atoms with van der Waals surface area (Å²) in [6, 6.07) is -3.10. The minimum absolute atomic E-state index is 0.0180. The third-order valence-corrected chi connectivity index (χ3v) is 19.4. The maximum absolute atomic E-state index is 15.2. The van der Waals surface area contributed by atoms with Gasteiger partial charge in [-0.3, -0.25) is 62.3 Å². The van der Waals surface area contributed by atoms with Gasteiger partial charge in [-0.15, -0.1) is 0 Å². The second kappa shape index (κ2) is 40.5. The lowest BCUT2D eigenvalue weighted by Crippen LogP contribution is -2.61. The highest BCUT2D eigenvalue weighted by atomic mass is 32.2. The number of hydrogen-bond donors (Lipinski definition) is 13. The van der Waals surface area contributed by atoms with Gasteiger partial charge in [-0.1, -0.05) is 51.0 Å². The van der Waals surface area contributed by atoms with E-state index in [9.17, 15) is 72.9 Å². The number of unbranched alkanes of at least 4 members (excludes halogenated alkanes) is 1. The molecule has 2 fully saturated rings. The van der Waals surface area contributed by atoms with Gasteiger partial charge in [0.15, 0.2) is 0 Å². The molecule has 11 amide bonds. The molecule has 31 nitrogen and oxygen atoms in total. The van der Waals surface area contributed by atoms with E-state index in [2.05, 4.69) is 47.7 Å². The van der Waals surface area contributed by atoms with E-state index >= 15 is 4.79 Å². The SMILES string of the molecule is CC(C)C[C@@H]1NC(=O)[C@@H]2CCCN2C(=O)[C@@H]2CSCc3cc(cc(c3)OCCCCCCO/N=C/C(=O)N[C@@H](CCCCN)C(=O)N2)CSC[C@@H](C(N)=O)NC(=O)[C@H](CCC(=O)O)NC(=O)[C@H](Cc2ccc(O)cc2)NC(=O)[C@@H]2CCCN2C(=O)[C@H](C(C)C)NC(=O)[C@H](CC(=O)O)NC1=O. The molecule has 6 rings (SSSR count). The fourth-order valence-electron chi connectivity index (χ4n) is 11.9. The number of amides is 11. The summed E-state index contributed by atoms with van der Waals surface area (Å²) in [7, 11) is 0. The standard InChI is InChI=1S/C67H97N13O18S2/c1-38(2)27-47-61(90)73-49(32-56(85)86)63(92)78-57(39(3)4)67(96)80-24-12-15-53(80)65(94)75-48(31-40-16-18-43(81)19-17-40)62(91)72-46(20-21-55(83)84)60(89)76-50(58(69)87)36-99-34-41-28-42-30-44(29-41)97-25-9-5-6-10-26-98-70-33-54(82)71-45(13-7-8-22-68)59(88)77-51(37-100-35-42)66(95)79-23-11-14-52(79)64(93)74-47/h16-19,28-30,33,38-39,45-53,57,81H,5-15,20-27,31-32,34-37,68H2,1-4H3,(H2,69,87)(H,71,82)(H,72,91)(H,73,90)(H,74,93)(H,75,94)(H,76,89)(H,77,88)(H,78,92)(H,83,84)(H,85,86)/b70-33+/t45-,46-,47-,48-,49-,50-,51-,52-,53-,57-/m0/s1. The number of carboxylic acids is 2. The van der Waals surface area contributed by atoms with Crippen molar-refractivity contribution in [3.05, 3.63) is 59.2 Å². The summed E-state index contributed by atoms with van der Waals surface area (Å²) in [6.07, 6.45) is 3.06. The highest BCUT2D eigenvalue weighted by Gasteiger charge is 2.43. The van der Waals surface area contributed by atoms with Crippen LogP contribution in [0.5, 0.6) is 11.5 Å². The Morgan fingerprint density at radius 2 is 1.17 bits per heavy atom. The van der Waals surface area contributed by atoms with Crippen molar-refractivity contribution in [2.75, 3.05) is 44.4 Å². The second-order valence-corrected chi connectivity index (χ2v) is 28.2. The summed E-state index contributed by atoms with van der Waals surface area (Å²) in [5, 5.41) is 55.0. The molecule has 2 saturated heterocycles. The van der Waals surface area contributed by atoms with Gasteiger partial charge in [-0.25, -0.2) is 0 Å². The first kappa shape index (κ1) is 80.3. The van der Waals surface area contributed by atoms with E-state index in [-0.39, 0.29) is 92.9 Å². The summed E-state index contributed by atoms with van der Waals surface area (Å²) in [5.41, 5.74) is 13.5. The molecule has 4 aliphatic rings. The van der Waals surface area contributed by atoms with Crippen molar-refractivity contribution in [1.82, 2.24) is 52.3 Å². The van der Waals surface area contributed by atoms with Crippen molar-refractivity contribution in [3.8, 4) is 11.5 Å². The first-order valence-electron chi connectivity index (χ1n) is 34.0. The number of aliphatic carboxylic acids is 2. The van der Waals surface area contributed by atoms with Crippen molar-refractivity contribution in [3.63, 3.8) is 0 Å². The number of nitrogens with two attached hydrogens (primary N) is 2. The number of phenols is 1. The predicted molar refractivity (Wildman–Crippen MR) is 369 cm³/mol. The minimum atomic E-state index is -1.84. The van der Waals surface area contributed by atoms with Crippen LogP contribution in [0, 0.1) is 11.8 Å². The number of aromatic hydroxyl groups is 1. The number of benzene rings is 2. The number of nitrogens with one attached hydrogen (secondary N) is 8. The summed E-state index contributed by atoms with van der Waals surface area (Å²) >= 11 is 2.45. The Balaban J connectivity index is 1.42. The highest BCUT2D eigenvalue weighted by Crippen LogP contribution is 2.28. The molecule has 0 aliphatic carbocycles. The Morgan fingerprint density at radius 1 is 0.610 bits per heavy atom. The molecule has 100 heavy (non-hydrogen) atoms. The van der Waals surface area contributed by atoms with Crippen LogP contribution in [0.4, 0.5) is 0 Å². The molecule has 0 unspecified atom stereocenters. The normalized spacial score (nSPS) is 25.8. The third-order valence-electron chi connectivity index (χ3n) is 17.2. The Bertz CT molecular complexity index is 3230. The molecule has 33 heteroatoms. The van der Waals surface area contributed by atoms with Crippen molar-refractivity contribution in [1.29, 1.82) is 0 Å². The molecule has 0 radical (unpaired) electrons. The van der Waals surface area contributed by atoms with Gasteiger partial charge in [-0.05, 0) is 143 Å². The zero-order valence-electron chi connectivity index (χ0n) is 57.0. The lowest BCUT2D eigenvalue weighted by atomic mass is 10.00. The van der Waals surface area contributed by atoms with Gasteiger partial charge in [-0.2, -0.15) is 23.5 Å². The van der Waals surface area contributed by atoms with Gasteiger partial charge >= 0.3 is 11.9 Å². The summed E-state index contributed by atoms with van der Waals surface area (Å²) < 4.78 is 6.29. The Morgan fingerprint density at radius 3 is 1.78 bits per heavy atom. The smallest absolute Gasteiger partial charge is 0.305 e. The van der Waals surface area contributed by atoms with Crippen LogP contribution in [-0.2, 0) is 85.1 Å². The number of ether oxygens (including phenoxy) is 1. The molecule has 0 spiro atoms. The Kier molecular flexibility index (Phi) is 32.5. The van der Waals surface area contributed by atoms with Crippen LogP contribution < -0.4 is 58.7 Å². The van der Waals surface area contributed by atoms with Gasteiger partial charge < -0.3 is 88.7 Å². The number of nitrogens with zero attached hydrogens (tertiary/aromatic N) is 3. The fraction of sp³-hybridized carbons (Fsp3) is 0.612. The van der Waals surface area contributed by atoms with Gasteiger partial charge in [0.05, 0.1) is 13.0 Å². The van der Waals surface area contributed by atoms with Gasteiger partial charge in [0.2, 0.25) is 59.1 Å². The molecule has 0 saturated carbocycles. The average Bonchev–Trinajstić information content (AvgIpc) is 1.57. The fourth-order valence-corrected chi connectivity index (χ4v) is 13.9. The van der Waals surface area contributed by atoms with E-state index in [4.69, 9.17) is 21.0 Å².